The van der Waals surface area contributed by atoms with Crippen LogP contribution in [0, 0.1) is 0 Å². The number of ether oxygens (including phenoxy) is 1. The van der Waals surface area contributed by atoms with Crippen molar-refractivity contribution in [2.75, 3.05) is 23.5 Å². The van der Waals surface area contributed by atoms with E-state index < -0.39 is 0 Å². The lowest BCUT2D eigenvalue weighted by Crippen LogP contribution is -2.16. The molecule has 0 saturated carbocycles. The molecule has 2 heterocycles. The number of fused-ring (bicyclic) bond motifs is 1. The summed E-state index contributed by atoms with van der Waals surface area (Å²) in [5, 5.41) is 11.0. The first kappa shape index (κ1) is 23.3. The van der Waals surface area contributed by atoms with E-state index >= 15 is 0 Å². The van der Waals surface area contributed by atoms with Gasteiger partial charge in [-0.3, -0.25) is 9.59 Å². The third kappa shape index (κ3) is 5.37. The molecule has 0 fully saturated rings. The fraction of sp³-hybridized carbons (Fsp3) is 0.200. The highest BCUT2D eigenvalue weighted by Gasteiger charge is 2.15. The average Bonchev–Trinajstić information content (AvgIpc) is 3.26. The van der Waals surface area contributed by atoms with Crippen LogP contribution in [0.25, 0.3) is 11.0 Å². The zero-order chi connectivity index (χ0) is 24.1. The second kappa shape index (κ2) is 10.4. The van der Waals surface area contributed by atoms with Gasteiger partial charge >= 0.3 is 0 Å². The second-order valence-corrected chi connectivity index (χ2v) is 8.86. The van der Waals surface area contributed by atoms with E-state index in [9.17, 15) is 9.59 Å². The van der Waals surface area contributed by atoms with Crippen molar-refractivity contribution in [2.45, 2.75) is 24.8 Å². The minimum atomic E-state index is -0.270. The largest absolute Gasteiger partial charge is 0.497 e. The summed E-state index contributed by atoms with van der Waals surface area (Å²) in [6, 6.07) is 16.4. The van der Waals surface area contributed by atoms with Crippen LogP contribution in [-0.2, 0) is 4.79 Å². The van der Waals surface area contributed by atoms with Gasteiger partial charge in [-0.1, -0.05) is 18.2 Å². The van der Waals surface area contributed by atoms with Crippen LogP contribution in [-0.4, -0.2) is 39.4 Å². The highest BCUT2D eigenvalue weighted by atomic mass is 32.2. The van der Waals surface area contributed by atoms with Gasteiger partial charge in [-0.25, -0.2) is 9.67 Å². The first-order chi connectivity index (χ1) is 16.4. The molecule has 0 bridgehead atoms. The molecule has 0 aliphatic carbocycles. The molecule has 4 rings (SSSR count). The number of methoxy groups -OCH3 is 1. The Labute approximate surface area is 201 Å². The Balaban J connectivity index is 1.42. The number of aromatic nitrogens is 3. The number of pyridine rings is 1. The summed E-state index contributed by atoms with van der Waals surface area (Å²) in [6.07, 6.45) is 3.36. The Morgan fingerprint density at radius 2 is 1.85 bits per heavy atom. The van der Waals surface area contributed by atoms with Crippen LogP contribution in [0.15, 0.2) is 71.9 Å². The van der Waals surface area contributed by atoms with Crippen molar-refractivity contribution in [3.8, 4) is 5.75 Å². The normalized spacial score (nSPS) is 10.9. The average molecular weight is 476 g/mol. The first-order valence-electron chi connectivity index (χ1n) is 10.7. The number of hydrogen-bond acceptors (Lipinski definition) is 6. The number of carbonyl (C=O) groups is 2. The van der Waals surface area contributed by atoms with E-state index in [0.717, 1.165) is 11.0 Å². The summed E-state index contributed by atoms with van der Waals surface area (Å²) in [6.45, 7) is 4.07. The number of nitrogens with one attached hydrogen (secondary N) is 2. The van der Waals surface area contributed by atoms with Crippen molar-refractivity contribution in [1.29, 1.82) is 0 Å². The van der Waals surface area contributed by atoms with Crippen molar-refractivity contribution in [3.63, 3.8) is 0 Å². The van der Waals surface area contributed by atoms with E-state index in [1.165, 1.54) is 11.8 Å². The summed E-state index contributed by atoms with van der Waals surface area (Å²) in [4.78, 5) is 30.6. The zero-order valence-electron chi connectivity index (χ0n) is 19.1. The quantitative estimate of drug-likeness (QED) is 0.348. The number of amides is 2. The van der Waals surface area contributed by atoms with E-state index in [1.807, 2.05) is 42.8 Å². The minimum Gasteiger partial charge on any atom is -0.497 e. The van der Waals surface area contributed by atoms with Gasteiger partial charge < -0.3 is 15.4 Å². The van der Waals surface area contributed by atoms with Gasteiger partial charge in [0.15, 0.2) is 5.65 Å². The lowest BCUT2D eigenvalue weighted by atomic mass is 10.2. The predicted molar refractivity (Wildman–Crippen MR) is 135 cm³/mol. The third-order valence-corrected chi connectivity index (χ3v) is 6.10. The summed E-state index contributed by atoms with van der Waals surface area (Å²) in [7, 11) is 1.57. The van der Waals surface area contributed by atoms with Gasteiger partial charge in [0.25, 0.3) is 5.91 Å². The van der Waals surface area contributed by atoms with E-state index in [0.29, 0.717) is 27.6 Å². The topological polar surface area (TPSA) is 98.1 Å². The lowest BCUT2D eigenvalue weighted by molar-refractivity contribution is -0.113. The van der Waals surface area contributed by atoms with Crippen LogP contribution in [0.2, 0.25) is 0 Å². The van der Waals surface area contributed by atoms with E-state index in [2.05, 4.69) is 20.7 Å². The van der Waals surface area contributed by atoms with Gasteiger partial charge in [0.05, 0.1) is 36.5 Å². The molecule has 0 atom stereocenters. The smallest absolute Gasteiger partial charge is 0.256 e. The standard InChI is InChI=1S/C25H25N5O3S/c1-16(2)30-24-17(13-27-30)11-19(14-26-24)29-25(32)21-9-4-5-10-22(21)34-15-23(31)28-18-7-6-8-20(12-18)33-3/h4-14,16H,15H2,1-3H3,(H,28,31)(H,29,32). The maximum absolute atomic E-state index is 13.0. The van der Waals surface area contributed by atoms with Crippen LogP contribution in [0.4, 0.5) is 11.4 Å². The van der Waals surface area contributed by atoms with E-state index in [-0.39, 0.29) is 23.6 Å². The molecule has 174 valence electrons. The van der Waals surface area contributed by atoms with Gasteiger partial charge in [0.2, 0.25) is 5.91 Å². The Morgan fingerprint density at radius 1 is 1.03 bits per heavy atom. The van der Waals surface area contributed by atoms with Crippen molar-refractivity contribution < 1.29 is 14.3 Å². The number of hydrogen-bond donors (Lipinski definition) is 2. The van der Waals surface area contributed by atoms with Crippen LogP contribution in [0.5, 0.6) is 5.75 Å². The van der Waals surface area contributed by atoms with E-state index in [4.69, 9.17) is 4.74 Å². The summed E-state index contributed by atoms with van der Waals surface area (Å²) in [5.74, 6) is 0.374. The van der Waals surface area contributed by atoms with Gasteiger partial charge in [-0.2, -0.15) is 5.10 Å². The molecule has 0 aliphatic rings. The molecule has 2 N–H and O–H groups in total. The van der Waals surface area contributed by atoms with Crippen molar-refractivity contribution in [3.05, 3.63) is 72.6 Å². The van der Waals surface area contributed by atoms with Gasteiger partial charge in [0.1, 0.15) is 5.75 Å². The van der Waals surface area contributed by atoms with Gasteiger partial charge in [0, 0.05) is 28.1 Å². The molecule has 0 radical (unpaired) electrons. The Morgan fingerprint density at radius 3 is 2.65 bits per heavy atom. The molecule has 0 spiro atoms. The molecule has 8 nitrogen and oxygen atoms in total. The number of anilines is 2. The molecule has 2 aromatic heterocycles. The van der Waals surface area contributed by atoms with Gasteiger partial charge in [-0.15, -0.1) is 11.8 Å². The van der Waals surface area contributed by atoms with Crippen LogP contribution in [0.1, 0.15) is 30.2 Å². The summed E-state index contributed by atoms with van der Waals surface area (Å²) < 4.78 is 7.02. The second-order valence-electron chi connectivity index (χ2n) is 7.84. The number of rotatable bonds is 8. The third-order valence-electron chi connectivity index (χ3n) is 5.02. The minimum absolute atomic E-state index is 0.156. The number of benzene rings is 2. The van der Waals surface area contributed by atoms with Crippen molar-refractivity contribution in [2.24, 2.45) is 0 Å². The molecule has 0 saturated heterocycles. The van der Waals surface area contributed by atoms with E-state index in [1.54, 1.807) is 49.8 Å². The number of carbonyl (C=O) groups excluding carboxylic acids is 2. The molecule has 2 aromatic carbocycles. The molecule has 0 aliphatic heterocycles. The highest BCUT2D eigenvalue weighted by Crippen LogP contribution is 2.25. The van der Waals surface area contributed by atoms with Crippen LogP contribution < -0.4 is 15.4 Å². The molecule has 9 heteroatoms. The summed E-state index contributed by atoms with van der Waals surface area (Å²) in [5.41, 5.74) is 2.49. The Hall–Kier alpha value is -3.85. The molecule has 2 amide bonds. The maximum Gasteiger partial charge on any atom is 0.256 e. The SMILES string of the molecule is COc1cccc(NC(=O)CSc2ccccc2C(=O)Nc2cnc3c(cnn3C(C)C)c2)c1. The zero-order valence-corrected chi connectivity index (χ0v) is 19.9. The number of nitrogens with zero attached hydrogens (tertiary/aromatic N) is 3. The predicted octanol–water partition coefficient (Wildman–Crippen LogP) is 5.00. The first-order valence-corrected chi connectivity index (χ1v) is 11.7. The van der Waals surface area contributed by atoms with Gasteiger partial charge in [-0.05, 0) is 44.2 Å². The molecule has 0 unspecified atom stereocenters. The lowest BCUT2D eigenvalue weighted by Gasteiger charge is -2.11. The number of thioether (sulfide) groups is 1. The maximum atomic E-state index is 13.0. The van der Waals surface area contributed by atoms with Crippen molar-refractivity contribution in [1.82, 2.24) is 14.8 Å². The highest BCUT2D eigenvalue weighted by molar-refractivity contribution is 8.00. The van der Waals surface area contributed by atoms with Crippen molar-refractivity contribution >= 4 is 46.0 Å². The fourth-order valence-corrected chi connectivity index (χ4v) is 4.26. The van der Waals surface area contributed by atoms with Crippen LogP contribution in [0.3, 0.4) is 0 Å². The van der Waals surface area contributed by atoms with Crippen LogP contribution >= 0.6 is 11.8 Å². The molecular weight excluding hydrogens is 450 g/mol. The Kier molecular flexibility index (Phi) is 7.12. The Bertz CT molecular complexity index is 1340. The molecule has 4 aromatic rings. The molecule has 34 heavy (non-hydrogen) atoms. The molecular formula is C25H25N5O3S. The fourth-order valence-electron chi connectivity index (χ4n) is 3.41. The summed E-state index contributed by atoms with van der Waals surface area (Å²) >= 11 is 1.30. The monoisotopic (exact) mass is 475 g/mol.